The molecule has 1 amide bonds. The molecule has 1 heterocycles. The van der Waals surface area contributed by atoms with Crippen LogP contribution in [0.1, 0.15) is 43.6 Å². The summed E-state index contributed by atoms with van der Waals surface area (Å²) in [5.41, 5.74) is 6.92. The van der Waals surface area contributed by atoms with Crippen LogP contribution < -0.4 is 11.1 Å². The Hall–Kier alpha value is -2.28. The first-order chi connectivity index (χ1) is 12.6. The number of nitrogens with zero attached hydrogens (tertiary/aromatic N) is 2. The molecule has 1 aliphatic carbocycles. The minimum absolute atomic E-state index is 0.0310. The van der Waals surface area contributed by atoms with E-state index in [9.17, 15) is 9.18 Å². The fraction of sp³-hybridized carbons (Fsp3) is 0.526. The summed E-state index contributed by atoms with van der Waals surface area (Å²) >= 11 is 0. The predicted octanol–water partition coefficient (Wildman–Crippen LogP) is 2.75. The molecular weight excluding hydrogens is 335 g/mol. The number of nitrogens with one attached hydrogen (secondary N) is 1. The van der Waals surface area contributed by atoms with Crippen molar-refractivity contribution in [2.75, 3.05) is 6.54 Å². The highest BCUT2D eigenvalue weighted by atomic mass is 19.1. The van der Waals surface area contributed by atoms with E-state index in [4.69, 9.17) is 10.3 Å². The molecule has 1 aliphatic rings. The van der Waals surface area contributed by atoms with Crippen molar-refractivity contribution in [3.8, 4) is 11.4 Å². The van der Waals surface area contributed by atoms with E-state index in [-0.39, 0.29) is 24.2 Å². The van der Waals surface area contributed by atoms with E-state index in [0.29, 0.717) is 41.7 Å². The summed E-state index contributed by atoms with van der Waals surface area (Å²) in [4.78, 5) is 16.5. The van der Waals surface area contributed by atoms with E-state index in [0.717, 1.165) is 19.3 Å². The van der Waals surface area contributed by atoms with E-state index in [1.54, 1.807) is 19.1 Å². The first-order valence-electron chi connectivity index (χ1n) is 9.15. The number of aryl methyl sites for hydroxylation is 2. The summed E-state index contributed by atoms with van der Waals surface area (Å²) in [6, 6.07) is 4.96. The van der Waals surface area contributed by atoms with Crippen LogP contribution in [0.3, 0.4) is 0 Å². The van der Waals surface area contributed by atoms with Crippen molar-refractivity contribution >= 4 is 5.91 Å². The summed E-state index contributed by atoms with van der Waals surface area (Å²) in [5.74, 6) is 0.718. The van der Waals surface area contributed by atoms with E-state index in [1.807, 2.05) is 0 Å². The Labute approximate surface area is 152 Å². The fourth-order valence-corrected chi connectivity index (χ4v) is 3.38. The SMILES string of the molecule is Cc1ccc(-c2noc(CCC(=O)NC3CCCCC3CN)n2)cc1F. The predicted molar refractivity (Wildman–Crippen MR) is 95.7 cm³/mol. The van der Waals surface area contributed by atoms with Crippen molar-refractivity contribution in [1.82, 2.24) is 15.5 Å². The molecule has 1 aromatic carbocycles. The van der Waals surface area contributed by atoms with Crippen LogP contribution in [0.5, 0.6) is 0 Å². The van der Waals surface area contributed by atoms with Gasteiger partial charge in [0, 0.05) is 24.4 Å². The number of aromatic nitrogens is 2. The molecule has 0 saturated heterocycles. The number of hydrogen-bond donors (Lipinski definition) is 2. The summed E-state index contributed by atoms with van der Waals surface area (Å²) < 4.78 is 18.8. The first-order valence-corrected chi connectivity index (χ1v) is 9.15. The Morgan fingerprint density at radius 3 is 2.96 bits per heavy atom. The second kappa shape index (κ2) is 8.40. The molecule has 6 nitrogen and oxygen atoms in total. The standard InChI is InChI=1S/C19H25FN4O2/c1-12-6-7-13(10-15(12)20)19-23-18(26-24-19)9-8-17(25)22-16-5-3-2-4-14(16)11-21/h6-7,10,14,16H,2-5,8-9,11,21H2,1H3,(H,22,25). The van der Waals surface area contributed by atoms with Crippen LogP contribution in [0.25, 0.3) is 11.4 Å². The molecule has 2 unspecified atom stereocenters. The minimum atomic E-state index is -0.310. The lowest BCUT2D eigenvalue weighted by Crippen LogP contribution is -2.44. The molecule has 0 radical (unpaired) electrons. The molecule has 0 aliphatic heterocycles. The highest BCUT2D eigenvalue weighted by Crippen LogP contribution is 2.24. The van der Waals surface area contributed by atoms with E-state index < -0.39 is 0 Å². The second-order valence-corrected chi connectivity index (χ2v) is 6.93. The molecule has 1 fully saturated rings. The van der Waals surface area contributed by atoms with Crippen LogP contribution in [0, 0.1) is 18.7 Å². The number of benzene rings is 1. The van der Waals surface area contributed by atoms with E-state index in [1.165, 1.54) is 12.5 Å². The molecule has 2 atom stereocenters. The third-order valence-corrected chi connectivity index (χ3v) is 5.02. The Morgan fingerprint density at radius 1 is 1.38 bits per heavy atom. The maximum Gasteiger partial charge on any atom is 0.227 e. The molecule has 0 spiro atoms. The Balaban J connectivity index is 1.54. The molecular formula is C19H25FN4O2. The number of rotatable bonds is 6. The minimum Gasteiger partial charge on any atom is -0.353 e. The maximum absolute atomic E-state index is 13.7. The van der Waals surface area contributed by atoms with E-state index >= 15 is 0 Å². The Bertz CT molecular complexity index is 762. The van der Waals surface area contributed by atoms with Gasteiger partial charge in [0.05, 0.1) is 0 Å². The van der Waals surface area contributed by atoms with Crippen LogP contribution >= 0.6 is 0 Å². The monoisotopic (exact) mass is 360 g/mol. The highest BCUT2D eigenvalue weighted by Gasteiger charge is 2.25. The largest absolute Gasteiger partial charge is 0.353 e. The molecule has 3 N–H and O–H groups in total. The van der Waals surface area contributed by atoms with Gasteiger partial charge >= 0.3 is 0 Å². The summed E-state index contributed by atoms with van der Waals surface area (Å²) in [7, 11) is 0. The average Bonchev–Trinajstić information content (AvgIpc) is 3.12. The van der Waals surface area contributed by atoms with Crippen molar-refractivity contribution < 1.29 is 13.7 Å². The lowest BCUT2D eigenvalue weighted by Gasteiger charge is -2.31. The van der Waals surface area contributed by atoms with Crippen molar-refractivity contribution in [3.63, 3.8) is 0 Å². The lowest BCUT2D eigenvalue weighted by atomic mass is 9.84. The summed E-state index contributed by atoms with van der Waals surface area (Å²) in [5, 5.41) is 6.96. The van der Waals surface area contributed by atoms with Gasteiger partial charge in [0.2, 0.25) is 17.6 Å². The summed E-state index contributed by atoms with van der Waals surface area (Å²) in [6.45, 7) is 2.30. The fourth-order valence-electron chi connectivity index (χ4n) is 3.38. The number of hydrogen-bond acceptors (Lipinski definition) is 5. The van der Waals surface area contributed by atoms with Crippen molar-refractivity contribution in [3.05, 3.63) is 35.5 Å². The van der Waals surface area contributed by atoms with Crippen LogP contribution in [0.4, 0.5) is 4.39 Å². The lowest BCUT2D eigenvalue weighted by molar-refractivity contribution is -0.122. The number of amides is 1. The van der Waals surface area contributed by atoms with Crippen molar-refractivity contribution in [2.45, 2.75) is 51.5 Å². The van der Waals surface area contributed by atoms with Gasteiger partial charge in [0.25, 0.3) is 0 Å². The molecule has 0 bridgehead atoms. The smallest absolute Gasteiger partial charge is 0.227 e. The Morgan fingerprint density at radius 2 is 2.19 bits per heavy atom. The zero-order valence-electron chi connectivity index (χ0n) is 15.0. The van der Waals surface area contributed by atoms with Gasteiger partial charge < -0.3 is 15.6 Å². The first kappa shape index (κ1) is 18.5. The van der Waals surface area contributed by atoms with Gasteiger partial charge in [-0.3, -0.25) is 4.79 Å². The van der Waals surface area contributed by atoms with Crippen LogP contribution in [-0.4, -0.2) is 28.6 Å². The molecule has 2 aromatic rings. The normalized spacial score (nSPS) is 20.1. The second-order valence-electron chi connectivity index (χ2n) is 6.93. The van der Waals surface area contributed by atoms with Crippen molar-refractivity contribution in [2.24, 2.45) is 11.7 Å². The highest BCUT2D eigenvalue weighted by molar-refractivity contribution is 5.76. The zero-order chi connectivity index (χ0) is 18.5. The average molecular weight is 360 g/mol. The van der Waals surface area contributed by atoms with Gasteiger partial charge in [-0.15, -0.1) is 0 Å². The zero-order valence-corrected chi connectivity index (χ0v) is 15.0. The molecule has 140 valence electrons. The van der Waals surface area contributed by atoms with Gasteiger partial charge in [0.15, 0.2) is 0 Å². The van der Waals surface area contributed by atoms with Gasteiger partial charge in [-0.2, -0.15) is 4.98 Å². The molecule has 26 heavy (non-hydrogen) atoms. The van der Waals surface area contributed by atoms with Gasteiger partial charge in [0.1, 0.15) is 5.82 Å². The Kier molecular flexibility index (Phi) is 5.98. The van der Waals surface area contributed by atoms with E-state index in [2.05, 4.69) is 15.5 Å². The number of halogens is 1. The topological polar surface area (TPSA) is 94.0 Å². The van der Waals surface area contributed by atoms with Crippen molar-refractivity contribution in [1.29, 1.82) is 0 Å². The van der Waals surface area contributed by atoms with Crippen LogP contribution in [0.2, 0.25) is 0 Å². The molecule has 1 aromatic heterocycles. The number of carbonyl (C=O) groups excluding carboxylic acids is 1. The third-order valence-electron chi connectivity index (χ3n) is 5.02. The van der Waals surface area contributed by atoms with Crippen LogP contribution in [0.15, 0.2) is 22.7 Å². The molecule has 3 rings (SSSR count). The molecule has 7 heteroatoms. The maximum atomic E-state index is 13.7. The number of carbonyl (C=O) groups is 1. The van der Waals surface area contributed by atoms with Gasteiger partial charge in [-0.1, -0.05) is 30.1 Å². The quantitative estimate of drug-likeness (QED) is 0.826. The van der Waals surface area contributed by atoms with Gasteiger partial charge in [-0.25, -0.2) is 4.39 Å². The van der Waals surface area contributed by atoms with Crippen LogP contribution in [-0.2, 0) is 11.2 Å². The van der Waals surface area contributed by atoms with Gasteiger partial charge in [-0.05, 0) is 43.9 Å². The third kappa shape index (κ3) is 4.46. The number of nitrogens with two attached hydrogens (primary N) is 1. The summed E-state index contributed by atoms with van der Waals surface area (Å²) in [6.07, 6.45) is 4.99. The molecule has 1 saturated carbocycles.